The van der Waals surface area contributed by atoms with Gasteiger partial charge in [-0.15, -0.1) is 0 Å². The van der Waals surface area contributed by atoms with Gasteiger partial charge in [0.2, 0.25) is 0 Å². The Morgan fingerprint density at radius 2 is 1.47 bits per heavy atom. The van der Waals surface area contributed by atoms with Crippen molar-refractivity contribution in [3.05, 3.63) is 11.1 Å². The van der Waals surface area contributed by atoms with Crippen LogP contribution >= 0.6 is 0 Å². The molecule has 0 atom stereocenters. The van der Waals surface area contributed by atoms with Crippen LogP contribution in [0.1, 0.15) is 34.1 Å². The highest BCUT2D eigenvalue weighted by molar-refractivity contribution is 5.26. The molecule has 0 spiro atoms. The number of nitrogens with zero attached hydrogens (tertiary/aromatic N) is 2. The maximum absolute atomic E-state index is 12.2. The van der Waals surface area contributed by atoms with E-state index < -0.39 is 12.7 Å². The topological polar surface area (TPSA) is 6.48 Å². The average Bonchev–Trinajstić information content (AvgIpc) is 2.71. The fourth-order valence-electron chi connectivity index (χ4n) is 2.38. The Kier molecular flexibility index (Phi) is 8.34. The van der Waals surface area contributed by atoms with Gasteiger partial charge in [0.05, 0.1) is 6.54 Å². The van der Waals surface area contributed by atoms with Crippen LogP contribution in [-0.4, -0.2) is 55.7 Å². The molecule has 0 aromatic rings. The zero-order valence-corrected chi connectivity index (χ0v) is 12.8. The van der Waals surface area contributed by atoms with Gasteiger partial charge in [0.1, 0.15) is 0 Å². The molecule has 114 valence electrons. The average molecular weight is 280 g/mol. The van der Waals surface area contributed by atoms with E-state index in [-0.39, 0.29) is 0 Å². The van der Waals surface area contributed by atoms with Crippen LogP contribution in [0.3, 0.4) is 0 Å². The Morgan fingerprint density at radius 3 is 2.00 bits per heavy atom. The zero-order chi connectivity index (χ0) is 15.1. The van der Waals surface area contributed by atoms with Crippen molar-refractivity contribution in [1.29, 1.82) is 0 Å². The quantitative estimate of drug-likeness (QED) is 0.678. The van der Waals surface area contributed by atoms with E-state index in [2.05, 4.69) is 4.90 Å². The van der Waals surface area contributed by atoms with Crippen LogP contribution in [0.25, 0.3) is 0 Å². The van der Waals surface area contributed by atoms with Gasteiger partial charge in [-0.3, -0.25) is 9.80 Å². The molecule has 0 fully saturated rings. The van der Waals surface area contributed by atoms with Crippen LogP contribution in [0.5, 0.6) is 0 Å². The second-order valence-electron chi connectivity index (χ2n) is 4.46. The molecular formula is C14H27F3N2. The second kappa shape index (κ2) is 8.59. The number of halogens is 3. The molecule has 2 aliphatic heterocycles. The summed E-state index contributed by atoms with van der Waals surface area (Å²) >= 11 is 0. The summed E-state index contributed by atoms with van der Waals surface area (Å²) in [5.41, 5.74) is 2.56. The Hall–Kier alpha value is -0.550. The third kappa shape index (κ3) is 6.43. The van der Waals surface area contributed by atoms with Gasteiger partial charge in [-0.2, -0.15) is 13.2 Å². The standard InChI is InChI=1S/C10H15F3N2.2C2H6/c1-14-4-8-2-3-15(6-9(8)5-14)7-10(11,12)13;2*1-2/h2-7H2,1H3;2*1-2H3. The molecule has 0 N–H and O–H groups in total. The molecule has 0 saturated heterocycles. The van der Waals surface area contributed by atoms with Crippen LogP contribution in [0.15, 0.2) is 11.1 Å². The monoisotopic (exact) mass is 280 g/mol. The fourth-order valence-corrected chi connectivity index (χ4v) is 2.38. The van der Waals surface area contributed by atoms with Gasteiger partial charge >= 0.3 is 6.18 Å². The molecule has 0 bridgehead atoms. The molecule has 0 saturated carbocycles. The first kappa shape index (κ1) is 18.4. The van der Waals surface area contributed by atoms with Gasteiger partial charge in [0, 0.05) is 26.2 Å². The van der Waals surface area contributed by atoms with Gasteiger partial charge in [0.25, 0.3) is 0 Å². The summed E-state index contributed by atoms with van der Waals surface area (Å²) in [5.74, 6) is 0. The summed E-state index contributed by atoms with van der Waals surface area (Å²) in [6, 6.07) is 0. The predicted octanol–water partition coefficient (Wildman–Crippen LogP) is 3.55. The van der Waals surface area contributed by atoms with E-state index in [0.29, 0.717) is 13.1 Å². The predicted molar refractivity (Wildman–Crippen MR) is 74.3 cm³/mol. The van der Waals surface area contributed by atoms with Crippen LogP contribution in [0.4, 0.5) is 13.2 Å². The van der Waals surface area contributed by atoms with Crippen molar-refractivity contribution in [3.63, 3.8) is 0 Å². The smallest absolute Gasteiger partial charge is 0.298 e. The zero-order valence-electron chi connectivity index (χ0n) is 12.8. The van der Waals surface area contributed by atoms with Crippen LogP contribution in [0, 0.1) is 0 Å². The molecule has 0 aromatic heterocycles. The number of likely N-dealkylation sites (N-methyl/N-ethyl adjacent to an activating group) is 1. The molecule has 0 aliphatic carbocycles. The molecule has 2 heterocycles. The normalized spacial score (nSPS) is 20.2. The lowest BCUT2D eigenvalue weighted by Crippen LogP contribution is -2.38. The summed E-state index contributed by atoms with van der Waals surface area (Å²) < 4.78 is 36.6. The summed E-state index contributed by atoms with van der Waals surface area (Å²) in [5, 5.41) is 0. The number of hydrogen-bond donors (Lipinski definition) is 0. The number of rotatable bonds is 1. The minimum Gasteiger partial charge on any atom is -0.298 e. The Balaban J connectivity index is 0.000000741. The first-order valence-corrected chi connectivity index (χ1v) is 7.11. The summed E-state index contributed by atoms with van der Waals surface area (Å²) in [7, 11) is 2.01. The number of hydrogen-bond acceptors (Lipinski definition) is 2. The van der Waals surface area contributed by atoms with Crippen molar-refractivity contribution in [1.82, 2.24) is 9.80 Å². The lowest BCUT2D eigenvalue weighted by Gasteiger charge is -2.28. The first-order chi connectivity index (χ1) is 8.94. The molecule has 0 radical (unpaired) electrons. The van der Waals surface area contributed by atoms with E-state index in [0.717, 1.165) is 19.5 Å². The van der Waals surface area contributed by atoms with E-state index in [1.165, 1.54) is 16.0 Å². The second-order valence-corrected chi connectivity index (χ2v) is 4.46. The van der Waals surface area contributed by atoms with Gasteiger partial charge in [-0.1, -0.05) is 33.3 Å². The van der Waals surface area contributed by atoms with Gasteiger partial charge in [0.15, 0.2) is 0 Å². The summed E-state index contributed by atoms with van der Waals surface area (Å²) in [4.78, 5) is 3.65. The highest BCUT2D eigenvalue weighted by Crippen LogP contribution is 2.26. The Morgan fingerprint density at radius 1 is 0.947 bits per heavy atom. The first-order valence-electron chi connectivity index (χ1n) is 7.11. The van der Waals surface area contributed by atoms with E-state index in [4.69, 9.17) is 0 Å². The van der Waals surface area contributed by atoms with Crippen molar-refractivity contribution in [2.24, 2.45) is 0 Å². The molecule has 2 nitrogen and oxygen atoms in total. The van der Waals surface area contributed by atoms with Crippen molar-refractivity contribution in [2.45, 2.75) is 40.3 Å². The number of alkyl halides is 3. The largest absolute Gasteiger partial charge is 0.401 e. The molecule has 5 heteroatoms. The van der Waals surface area contributed by atoms with Crippen LogP contribution < -0.4 is 0 Å². The van der Waals surface area contributed by atoms with E-state index >= 15 is 0 Å². The lowest BCUT2D eigenvalue weighted by molar-refractivity contribution is -0.145. The molecule has 19 heavy (non-hydrogen) atoms. The Bertz CT molecular complexity index is 285. The molecule has 0 amide bonds. The summed E-state index contributed by atoms with van der Waals surface area (Å²) in [6.45, 7) is 10.1. The van der Waals surface area contributed by atoms with Crippen LogP contribution in [-0.2, 0) is 0 Å². The van der Waals surface area contributed by atoms with Gasteiger partial charge < -0.3 is 0 Å². The van der Waals surface area contributed by atoms with Crippen molar-refractivity contribution >= 4 is 0 Å². The Labute approximate surface area is 115 Å². The molecule has 0 aromatic carbocycles. The van der Waals surface area contributed by atoms with Gasteiger partial charge in [-0.05, 0) is 19.0 Å². The third-order valence-electron chi connectivity index (χ3n) is 2.97. The SMILES string of the molecule is CC.CC.CN1CC2=C(C1)CN(CC(F)(F)F)CC2. The lowest BCUT2D eigenvalue weighted by atomic mass is 10.0. The van der Waals surface area contributed by atoms with Gasteiger partial charge in [-0.25, -0.2) is 0 Å². The van der Waals surface area contributed by atoms with E-state index in [9.17, 15) is 13.2 Å². The maximum atomic E-state index is 12.2. The highest BCUT2D eigenvalue weighted by Gasteiger charge is 2.33. The fraction of sp³-hybridized carbons (Fsp3) is 0.857. The maximum Gasteiger partial charge on any atom is 0.401 e. The van der Waals surface area contributed by atoms with E-state index in [1.807, 2.05) is 34.7 Å². The summed E-state index contributed by atoms with van der Waals surface area (Å²) in [6.07, 6.45) is -3.27. The molecular weight excluding hydrogens is 253 g/mol. The van der Waals surface area contributed by atoms with Crippen LogP contribution in [0.2, 0.25) is 0 Å². The minimum atomic E-state index is -4.07. The molecule has 2 aliphatic rings. The molecule has 2 rings (SSSR count). The molecule has 0 unspecified atom stereocenters. The third-order valence-corrected chi connectivity index (χ3v) is 2.97. The van der Waals surface area contributed by atoms with Crippen molar-refractivity contribution in [2.75, 3.05) is 39.8 Å². The van der Waals surface area contributed by atoms with Crippen molar-refractivity contribution in [3.8, 4) is 0 Å². The minimum absolute atomic E-state index is 0.499. The highest BCUT2D eigenvalue weighted by atomic mass is 19.4. The van der Waals surface area contributed by atoms with Crippen molar-refractivity contribution < 1.29 is 13.2 Å². The van der Waals surface area contributed by atoms with E-state index in [1.54, 1.807) is 0 Å².